The zero-order valence-corrected chi connectivity index (χ0v) is 13.7. The number of benzene rings is 1. The highest BCUT2D eigenvalue weighted by molar-refractivity contribution is 6.31. The Kier molecular flexibility index (Phi) is 6.44. The lowest BCUT2D eigenvalue weighted by Crippen LogP contribution is -2.58. The predicted molar refractivity (Wildman–Crippen MR) is 84.7 cm³/mol. The van der Waals surface area contributed by atoms with Gasteiger partial charge in [-0.15, -0.1) is 0 Å². The Morgan fingerprint density at radius 3 is 2.40 bits per heavy atom. The number of nitrogens with zero attached hydrogens (tertiary/aromatic N) is 1. The van der Waals surface area contributed by atoms with Gasteiger partial charge in [0.05, 0.1) is 0 Å². The lowest BCUT2D eigenvalue weighted by Gasteiger charge is -2.44. The molecule has 0 aliphatic heterocycles. The van der Waals surface area contributed by atoms with Gasteiger partial charge in [0, 0.05) is 16.6 Å². The van der Waals surface area contributed by atoms with Crippen LogP contribution in [0.2, 0.25) is 5.02 Å². The van der Waals surface area contributed by atoms with Gasteiger partial charge in [0.2, 0.25) is 0 Å². The van der Waals surface area contributed by atoms with Crippen LogP contribution < -0.4 is 5.73 Å². The number of nitrogens with two attached hydrogens (primary N) is 1. The lowest BCUT2D eigenvalue weighted by atomic mass is 9.84. The Balaban J connectivity index is 2.97. The summed E-state index contributed by atoms with van der Waals surface area (Å²) in [7, 11) is 0. The Hall–Kier alpha value is -0.640. The monoisotopic (exact) mass is 300 g/mol. The van der Waals surface area contributed by atoms with Crippen LogP contribution in [0.25, 0.3) is 0 Å². The molecule has 0 heterocycles. The van der Waals surface area contributed by atoms with Gasteiger partial charge < -0.3 is 5.73 Å². The van der Waals surface area contributed by atoms with Crippen LogP contribution in [0.15, 0.2) is 18.2 Å². The number of hydrogen-bond acceptors (Lipinski definition) is 2. The highest BCUT2D eigenvalue weighted by atomic mass is 35.5. The molecule has 114 valence electrons. The van der Waals surface area contributed by atoms with Gasteiger partial charge in [-0.2, -0.15) is 0 Å². The SMILES string of the molecule is CCN(CC)C(C)(CC)C(N)Cc1cc(F)ccc1Cl. The van der Waals surface area contributed by atoms with Crippen molar-refractivity contribution in [3.63, 3.8) is 0 Å². The summed E-state index contributed by atoms with van der Waals surface area (Å²) in [5.74, 6) is -0.266. The highest BCUT2D eigenvalue weighted by Crippen LogP contribution is 2.27. The van der Waals surface area contributed by atoms with E-state index >= 15 is 0 Å². The summed E-state index contributed by atoms with van der Waals surface area (Å²) in [5, 5.41) is 0.583. The van der Waals surface area contributed by atoms with E-state index in [1.165, 1.54) is 12.1 Å². The van der Waals surface area contributed by atoms with Crippen molar-refractivity contribution in [1.82, 2.24) is 4.90 Å². The van der Waals surface area contributed by atoms with Gasteiger partial charge in [-0.3, -0.25) is 4.90 Å². The van der Waals surface area contributed by atoms with Crippen LogP contribution in [0.4, 0.5) is 4.39 Å². The number of halogens is 2. The summed E-state index contributed by atoms with van der Waals surface area (Å²) in [6.45, 7) is 10.5. The fraction of sp³-hybridized carbons (Fsp3) is 0.625. The van der Waals surface area contributed by atoms with Crippen molar-refractivity contribution in [2.75, 3.05) is 13.1 Å². The lowest BCUT2D eigenvalue weighted by molar-refractivity contribution is 0.0845. The molecule has 1 aromatic carbocycles. The van der Waals surface area contributed by atoms with Crippen molar-refractivity contribution in [2.24, 2.45) is 5.73 Å². The second-order valence-corrected chi connectivity index (χ2v) is 5.84. The summed E-state index contributed by atoms with van der Waals surface area (Å²) < 4.78 is 13.4. The van der Waals surface area contributed by atoms with Crippen molar-refractivity contribution in [2.45, 2.75) is 52.1 Å². The molecule has 1 aromatic rings. The number of rotatable bonds is 7. The maximum atomic E-state index is 13.4. The molecule has 0 radical (unpaired) electrons. The smallest absolute Gasteiger partial charge is 0.123 e. The van der Waals surface area contributed by atoms with E-state index in [-0.39, 0.29) is 17.4 Å². The van der Waals surface area contributed by atoms with E-state index in [1.807, 2.05) is 0 Å². The van der Waals surface area contributed by atoms with E-state index in [4.69, 9.17) is 17.3 Å². The first-order chi connectivity index (χ1) is 9.38. The highest BCUT2D eigenvalue weighted by Gasteiger charge is 2.34. The first-order valence-electron chi connectivity index (χ1n) is 7.33. The summed E-state index contributed by atoms with van der Waals surface area (Å²) >= 11 is 6.15. The fourth-order valence-electron chi connectivity index (χ4n) is 2.82. The predicted octanol–water partition coefficient (Wildman–Crippen LogP) is 3.86. The van der Waals surface area contributed by atoms with Crippen LogP contribution in [-0.4, -0.2) is 29.6 Å². The Labute approximate surface area is 127 Å². The quantitative estimate of drug-likeness (QED) is 0.828. The van der Waals surface area contributed by atoms with Gasteiger partial charge >= 0.3 is 0 Å². The van der Waals surface area contributed by atoms with Gasteiger partial charge in [0.15, 0.2) is 0 Å². The molecule has 0 aliphatic carbocycles. The molecule has 0 amide bonds. The minimum atomic E-state index is -0.266. The van der Waals surface area contributed by atoms with Gasteiger partial charge in [0.1, 0.15) is 5.82 Å². The summed E-state index contributed by atoms with van der Waals surface area (Å²) in [6.07, 6.45) is 1.53. The minimum Gasteiger partial charge on any atom is -0.326 e. The molecule has 0 bridgehead atoms. The first kappa shape index (κ1) is 17.4. The van der Waals surface area contributed by atoms with Crippen LogP contribution in [0.5, 0.6) is 0 Å². The molecule has 0 saturated carbocycles. The zero-order chi connectivity index (χ0) is 15.3. The first-order valence-corrected chi connectivity index (χ1v) is 7.71. The number of likely N-dealkylation sites (N-methyl/N-ethyl adjacent to an activating group) is 1. The molecule has 20 heavy (non-hydrogen) atoms. The second-order valence-electron chi connectivity index (χ2n) is 5.43. The van der Waals surface area contributed by atoms with E-state index in [0.717, 1.165) is 25.1 Å². The van der Waals surface area contributed by atoms with Crippen molar-refractivity contribution in [1.29, 1.82) is 0 Å². The molecule has 0 saturated heterocycles. The maximum absolute atomic E-state index is 13.4. The van der Waals surface area contributed by atoms with Gasteiger partial charge in [0.25, 0.3) is 0 Å². The topological polar surface area (TPSA) is 29.3 Å². The van der Waals surface area contributed by atoms with E-state index in [1.54, 1.807) is 6.07 Å². The molecule has 0 aliphatic rings. The van der Waals surface area contributed by atoms with Gasteiger partial charge in [-0.05, 0) is 56.6 Å². The zero-order valence-electron chi connectivity index (χ0n) is 12.9. The van der Waals surface area contributed by atoms with E-state index in [0.29, 0.717) is 11.4 Å². The summed E-state index contributed by atoms with van der Waals surface area (Å²) in [6, 6.07) is 4.37. The molecule has 0 spiro atoms. The normalized spacial score (nSPS) is 16.2. The van der Waals surface area contributed by atoms with Crippen molar-refractivity contribution < 1.29 is 4.39 Å². The van der Waals surface area contributed by atoms with Gasteiger partial charge in [-0.25, -0.2) is 4.39 Å². The Morgan fingerprint density at radius 1 is 1.30 bits per heavy atom. The van der Waals surface area contributed by atoms with Gasteiger partial charge in [-0.1, -0.05) is 32.4 Å². The fourth-order valence-corrected chi connectivity index (χ4v) is 3.02. The molecule has 2 unspecified atom stereocenters. The second kappa shape index (κ2) is 7.39. The molecule has 1 rings (SSSR count). The molecule has 2 N–H and O–H groups in total. The number of hydrogen-bond donors (Lipinski definition) is 1. The third-order valence-electron chi connectivity index (χ3n) is 4.45. The van der Waals surface area contributed by atoms with Crippen LogP contribution in [0.3, 0.4) is 0 Å². The molecular formula is C16H26ClFN2. The molecule has 2 nitrogen and oxygen atoms in total. The van der Waals surface area contributed by atoms with Crippen LogP contribution in [0, 0.1) is 5.82 Å². The molecule has 2 atom stereocenters. The van der Waals surface area contributed by atoms with Crippen LogP contribution in [0.1, 0.15) is 39.7 Å². The third-order valence-corrected chi connectivity index (χ3v) is 4.82. The van der Waals surface area contributed by atoms with Crippen LogP contribution >= 0.6 is 11.6 Å². The third kappa shape index (κ3) is 3.72. The molecule has 0 aromatic heterocycles. The van der Waals surface area contributed by atoms with Crippen LogP contribution in [-0.2, 0) is 6.42 Å². The standard InChI is InChI=1S/C16H26ClFN2/c1-5-16(4,20(6-2)7-3)15(19)11-12-10-13(18)8-9-14(12)17/h8-10,15H,5-7,11,19H2,1-4H3. The van der Waals surface area contributed by atoms with E-state index in [2.05, 4.69) is 32.6 Å². The molecular weight excluding hydrogens is 275 g/mol. The van der Waals surface area contributed by atoms with Crippen molar-refractivity contribution >= 4 is 11.6 Å². The average Bonchev–Trinajstić information content (AvgIpc) is 2.43. The van der Waals surface area contributed by atoms with Crippen molar-refractivity contribution in [3.05, 3.63) is 34.6 Å². The maximum Gasteiger partial charge on any atom is 0.123 e. The minimum absolute atomic E-state index is 0.0910. The van der Waals surface area contributed by atoms with E-state index in [9.17, 15) is 4.39 Å². The average molecular weight is 301 g/mol. The van der Waals surface area contributed by atoms with E-state index < -0.39 is 0 Å². The largest absolute Gasteiger partial charge is 0.326 e. The van der Waals surface area contributed by atoms with Crippen molar-refractivity contribution in [3.8, 4) is 0 Å². The molecule has 0 fully saturated rings. The Morgan fingerprint density at radius 2 is 1.90 bits per heavy atom. The summed E-state index contributed by atoms with van der Waals surface area (Å²) in [5.41, 5.74) is 7.11. The molecule has 4 heteroatoms. The summed E-state index contributed by atoms with van der Waals surface area (Å²) in [4.78, 5) is 2.37. The Bertz CT molecular complexity index is 434.